The van der Waals surface area contributed by atoms with Crippen LogP contribution in [-0.2, 0) is 19.1 Å². The second-order valence-electron chi connectivity index (χ2n) is 11.7. The molecule has 48 heavy (non-hydrogen) atoms. The average molecular weight is 663 g/mol. The van der Waals surface area contributed by atoms with Crippen molar-refractivity contribution in [3.05, 3.63) is 109 Å². The van der Waals surface area contributed by atoms with Crippen molar-refractivity contribution in [3.8, 4) is 0 Å². The zero-order valence-electron chi connectivity index (χ0n) is 30.2. The van der Waals surface area contributed by atoms with Gasteiger partial charge in [-0.05, 0) is 70.6 Å². The summed E-state index contributed by atoms with van der Waals surface area (Å²) in [6.07, 6.45) is 54.3. The number of aliphatic hydroxyl groups is 1. The van der Waals surface area contributed by atoms with E-state index in [1.165, 1.54) is 25.7 Å². The maximum Gasteiger partial charge on any atom is 0.306 e. The van der Waals surface area contributed by atoms with Gasteiger partial charge >= 0.3 is 11.9 Å². The van der Waals surface area contributed by atoms with Gasteiger partial charge in [0.05, 0.1) is 6.61 Å². The quantitative estimate of drug-likeness (QED) is 0.0346. The predicted molar refractivity (Wildman–Crippen MR) is 205 cm³/mol. The lowest BCUT2D eigenvalue weighted by Crippen LogP contribution is -2.28. The maximum atomic E-state index is 12.1. The summed E-state index contributed by atoms with van der Waals surface area (Å²) in [5.41, 5.74) is 0. The molecule has 0 bridgehead atoms. The second-order valence-corrected chi connectivity index (χ2v) is 11.7. The Labute approximate surface area is 293 Å². The summed E-state index contributed by atoms with van der Waals surface area (Å²) in [5.74, 6) is -0.713. The Balaban J connectivity index is 3.76. The number of carbonyl (C=O) groups excluding carboxylic acids is 2. The van der Waals surface area contributed by atoms with Crippen LogP contribution in [0.1, 0.15) is 129 Å². The first-order valence-electron chi connectivity index (χ1n) is 18.5. The Morgan fingerprint density at radius 1 is 0.521 bits per heavy atom. The van der Waals surface area contributed by atoms with E-state index < -0.39 is 6.10 Å². The van der Waals surface area contributed by atoms with Gasteiger partial charge < -0.3 is 14.6 Å². The molecule has 0 radical (unpaired) electrons. The van der Waals surface area contributed by atoms with E-state index in [9.17, 15) is 14.7 Å². The molecule has 0 rings (SSSR count). The van der Waals surface area contributed by atoms with Crippen LogP contribution in [0.2, 0.25) is 0 Å². The normalized spacial score (nSPS) is 13.5. The Hall–Kier alpha value is -3.44. The van der Waals surface area contributed by atoms with Gasteiger partial charge in [0.2, 0.25) is 0 Å². The lowest BCUT2D eigenvalue weighted by molar-refractivity contribution is -0.161. The zero-order chi connectivity index (χ0) is 35.0. The van der Waals surface area contributed by atoms with Crippen molar-refractivity contribution in [2.24, 2.45) is 0 Å². The van der Waals surface area contributed by atoms with E-state index in [1.54, 1.807) is 0 Å². The highest BCUT2D eigenvalue weighted by atomic mass is 16.6. The Bertz CT molecular complexity index is 1020. The zero-order valence-corrected chi connectivity index (χ0v) is 30.2. The molecule has 0 amide bonds. The van der Waals surface area contributed by atoms with Crippen molar-refractivity contribution < 1.29 is 24.2 Å². The van der Waals surface area contributed by atoms with Crippen LogP contribution in [0.15, 0.2) is 109 Å². The van der Waals surface area contributed by atoms with Crippen LogP contribution in [0.25, 0.3) is 0 Å². The minimum atomic E-state index is -0.817. The molecular weight excluding hydrogens is 596 g/mol. The van der Waals surface area contributed by atoms with Crippen molar-refractivity contribution in [2.45, 2.75) is 136 Å². The number of esters is 2. The van der Waals surface area contributed by atoms with E-state index in [-0.39, 0.29) is 31.6 Å². The van der Waals surface area contributed by atoms with Crippen LogP contribution >= 0.6 is 0 Å². The lowest BCUT2D eigenvalue weighted by Gasteiger charge is -2.15. The predicted octanol–water partition coefficient (Wildman–Crippen LogP) is 11.5. The fourth-order valence-electron chi connectivity index (χ4n) is 4.39. The van der Waals surface area contributed by atoms with E-state index in [1.807, 2.05) is 54.7 Å². The molecule has 0 aliphatic carbocycles. The van der Waals surface area contributed by atoms with E-state index in [4.69, 9.17) is 9.47 Å². The van der Waals surface area contributed by atoms with Gasteiger partial charge in [-0.1, -0.05) is 155 Å². The van der Waals surface area contributed by atoms with Crippen LogP contribution in [0, 0.1) is 0 Å². The number of ether oxygens (including phenoxy) is 2. The first kappa shape index (κ1) is 44.6. The third kappa shape index (κ3) is 35.4. The lowest BCUT2D eigenvalue weighted by atomic mass is 10.1. The standard InChI is InChI=1S/C43H66O5/c1-3-5-7-9-11-13-15-17-18-19-20-21-22-23-24-26-28-30-32-34-36-38-43(46)48-41(39-44)40-47-42(45)37-35-33-31-29-27-25-16-14-12-10-8-6-4-2/h6,8,10-14,16-18,20-21,23-25,27,29,31,41,44H,3-5,7,9,15,19,22,26,28,30,32-40H2,1-2H3/b8-6+,12-10+,13-11+,16-14+,18-17+,21-20+,24-23+,27-25+,31-29+. The van der Waals surface area contributed by atoms with Crippen LogP contribution in [-0.4, -0.2) is 36.4 Å². The van der Waals surface area contributed by atoms with Crippen LogP contribution in [0.4, 0.5) is 0 Å². The van der Waals surface area contributed by atoms with E-state index >= 15 is 0 Å². The number of carbonyl (C=O) groups is 2. The van der Waals surface area contributed by atoms with Crippen molar-refractivity contribution in [1.82, 2.24) is 0 Å². The number of hydrogen-bond acceptors (Lipinski definition) is 5. The monoisotopic (exact) mass is 662 g/mol. The topological polar surface area (TPSA) is 72.8 Å². The number of hydrogen-bond donors (Lipinski definition) is 1. The minimum Gasteiger partial charge on any atom is -0.462 e. The fourth-order valence-corrected chi connectivity index (χ4v) is 4.39. The van der Waals surface area contributed by atoms with Gasteiger partial charge in [-0.15, -0.1) is 0 Å². The molecule has 1 atom stereocenters. The molecule has 0 aromatic carbocycles. The summed E-state index contributed by atoms with van der Waals surface area (Å²) in [6.45, 7) is 3.85. The Morgan fingerprint density at radius 3 is 1.58 bits per heavy atom. The minimum absolute atomic E-state index is 0.119. The number of unbranched alkanes of at least 4 members (excludes halogenated alkanes) is 9. The SMILES string of the molecule is CC/C=C/C=C/C=C/C=C/C=C/CCCC(=O)OCC(CO)OC(=O)CCCCCCC/C=C/C/C=C/C/C=C/C/C=C/CCCCC. The molecular formula is C43H66O5. The van der Waals surface area contributed by atoms with Gasteiger partial charge in [-0.3, -0.25) is 9.59 Å². The molecule has 1 unspecified atom stereocenters. The maximum absolute atomic E-state index is 12.1. The molecule has 5 heteroatoms. The van der Waals surface area contributed by atoms with E-state index in [0.717, 1.165) is 70.6 Å². The van der Waals surface area contributed by atoms with Gasteiger partial charge in [0.25, 0.3) is 0 Å². The number of rotatable bonds is 31. The van der Waals surface area contributed by atoms with Crippen LogP contribution in [0.3, 0.4) is 0 Å². The third-order valence-electron chi connectivity index (χ3n) is 7.18. The molecule has 0 aromatic heterocycles. The molecule has 0 aliphatic heterocycles. The smallest absolute Gasteiger partial charge is 0.306 e. The first-order chi connectivity index (χ1) is 23.6. The van der Waals surface area contributed by atoms with E-state index in [0.29, 0.717) is 12.8 Å². The molecule has 268 valence electrons. The molecule has 0 saturated heterocycles. The van der Waals surface area contributed by atoms with Crippen LogP contribution < -0.4 is 0 Å². The van der Waals surface area contributed by atoms with Crippen LogP contribution in [0.5, 0.6) is 0 Å². The van der Waals surface area contributed by atoms with Gasteiger partial charge in [0, 0.05) is 12.8 Å². The van der Waals surface area contributed by atoms with Gasteiger partial charge in [0.1, 0.15) is 6.61 Å². The van der Waals surface area contributed by atoms with Crippen molar-refractivity contribution >= 4 is 11.9 Å². The van der Waals surface area contributed by atoms with Gasteiger partial charge in [-0.25, -0.2) is 0 Å². The number of aliphatic hydroxyl groups excluding tert-OH is 1. The largest absolute Gasteiger partial charge is 0.462 e. The number of allylic oxidation sites excluding steroid dienone is 18. The van der Waals surface area contributed by atoms with Crippen molar-refractivity contribution in [1.29, 1.82) is 0 Å². The summed E-state index contributed by atoms with van der Waals surface area (Å²) in [6, 6.07) is 0. The highest BCUT2D eigenvalue weighted by Crippen LogP contribution is 2.10. The molecule has 0 saturated carbocycles. The molecule has 1 N–H and O–H groups in total. The summed E-state index contributed by atoms with van der Waals surface area (Å²) in [5, 5.41) is 9.52. The van der Waals surface area contributed by atoms with Crippen molar-refractivity contribution in [3.63, 3.8) is 0 Å². The molecule has 0 spiro atoms. The highest BCUT2D eigenvalue weighted by molar-refractivity contribution is 5.70. The van der Waals surface area contributed by atoms with Crippen molar-refractivity contribution in [2.75, 3.05) is 13.2 Å². The fraction of sp³-hybridized carbons (Fsp3) is 0.535. The summed E-state index contributed by atoms with van der Waals surface area (Å²) in [4.78, 5) is 24.2. The Kier molecular flexibility index (Phi) is 35.3. The molecule has 0 heterocycles. The second kappa shape index (κ2) is 38.0. The Morgan fingerprint density at radius 2 is 1.00 bits per heavy atom. The summed E-state index contributed by atoms with van der Waals surface area (Å²) >= 11 is 0. The van der Waals surface area contributed by atoms with Gasteiger partial charge in [0.15, 0.2) is 6.10 Å². The molecule has 0 fully saturated rings. The van der Waals surface area contributed by atoms with E-state index in [2.05, 4.69) is 68.5 Å². The molecule has 0 aliphatic rings. The molecule has 5 nitrogen and oxygen atoms in total. The molecule has 0 aromatic rings. The third-order valence-corrected chi connectivity index (χ3v) is 7.18. The summed E-state index contributed by atoms with van der Waals surface area (Å²) in [7, 11) is 0. The highest BCUT2D eigenvalue weighted by Gasteiger charge is 2.15. The first-order valence-corrected chi connectivity index (χ1v) is 18.5. The van der Waals surface area contributed by atoms with Gasteiger partial charge in [-0.2, -0.15) is 0 Å². The average Bonchev–Trinajstić information content (AvgIpc) is 3.09. The summed E-state index contributed by atoms with van der Waals surface area (Å²) < 4.78 is 10.5.